The summed E-state index contributed by atoms with van der Waals surface area (Å²) in [5, 5.41) is 8.81. The number of carboxylic acid groups (broad SMARTS) is 1. The highest BCUT2D eigenvalue weighted by atomic mass is 16.5. The molecule has 3 nitrogen and oxygen atoms in total. The second-order valence-corrected chi connectivity index (χ2v) is 4.36. The Kier molecular flexibility index (Phi) is 4.76. The van der Waals surface area contributed by atoms with Gasteiger partial charge in [0.05, 0.1) is 7.11 Å². The molecule has 0 unspecified atom stereocenters. The molecule has 1 aromatic carbocycles. The first-order valence-electron chi connectivity index (χ1n) is 5.61. The summed E-state index contributed by atoms with van der Waals surface area (Å²) in [6.07, 6.45) is 2.54. The van der Waals surface area contributed by atoms with Gasteiger partial charge in [0.1, 0.15) is 0 Å². The van der Waals surface area contributed by atoms with Crippen LogP contribution in [0, 0.1) is 5.92 Å². The fourth-order valence-electron chi connectivity index (χ4n) is 1.58. The van der Waals surface area contributed by atoms with E-state index in [2.05, 4.69) is 13.8 Å². The Bertz CT molecular complexity index is 402. The minimum absolute atomic E-state index is 0.0541. The highest BCUT2D eigenvalue weighted by molar-refractivity contribution is 5.89. The van der Waals surface area contributed by atoms with E-state index in [0.717, 1.165) is 12.0 Å². The third-order valence-electron chi connectivity index (χ3n) is 2.35. The molecular weight excluding hydrogens is 216 g/mol. The van der Waals surface area contributed by atoms with Crippen LogP contribution in [-0.4, -0.2) is 18.2 Å². The lowest BCUT2D eigenvalue weighted by atomic mass is 10.0. The molecule has 92 valence electrons. The molecule has 0 atom stereocenters. The zero-order valence-corrected chi connectivity index (χ0v) is 10.4. The largest absolute Gasteiger partial charge is 0.490 e. The number of carbonyl (C=O) groups is 1. The van der Waals surface area contributed by atoms with Crippen LogP contribution in [0.25, 0.3) is 6.08 Å². The number of methoxy groups -OCH3 is 1. The monoisotopic (exact) mass is 234 g/mol. The van der Waals surface area contributed by atoms with E-state index in [1.807, 2.05) is 24.3 Å². The fraction of sp³-hybridized carbons (Fsp3) is 0.357. The molecule has 1 rings (SSSR count). The molecule has 0 radical (unpaired) electrons. The van der Waals surface area contributed by atoms with E-state index in [9.17, 15) is 4.79 Å². The van der Waals surface area contributed by atoms with E-state index in [1.165, 1.54) is 18.7 Å². The van der Waals surface area contributed by atoms with Crippen molar-refractivity contribution in [1.82, 2.24) is 0 Å². The van der Waals surface area contributed by atoms with Crippen LogP contribution in [0.2, 0.25) is 0 Å². The summed E-state index contributed by atoms with van der Waals surface area (Å²) in [6.45, 7) is 4.34. The van der Waals surface area contributed by atoms with Crippen LogP contribution in [0.4, 0.5) is 0 Å². The van der Waals surface area contributed by atoms with Gasteiger partial charge in [-0.1, -0.05) is 38.1 Å². The number of carboxylic acids is 1. The standard InChI is InChI=1S/C14H18O3/c1-10(2)8-11-4-6-12(7-5-11)9-13(17-3)14(15)16/h4-7,9-10H,8H2,1-3H3,(H,15,16). The predicted octanol–water partition coefficient (Wildman–Crippen LogP) is 2.96. The van der Waals surface area contributed by atoms with Crippen LogP contribution < -0.4 is 0 Å². The number of rotatable bonds is 5. The van der Waals surface area contributed by atoms with Crippen LogP contribution in [0.5, 0.6) is 0 Å². The van der Waals surface area contributed by atoms with E-state index in [4.69, 9.17) is 9.84 Å². The van der Waals surface area contributed by atoms with Gasteiger partial charge in [-0.2, -0.15) is 0 Å². The number of hydrogen-bond donors (Lipinski definition) is 1. The molecule has 0 aromatic heterocycles. The lowest BCUT2D eigenvalue weighted by Crippen LogP contribution is -2.02. The van der Waals surface area contributed by atoms with Crippen LogP contribution in [0.3, 0.4) is 0 Å². The minimum atomic E-state index is -1.06. The summed E-state index contributed by atoms with van der Waals surface area (Å²) >= 11 is 0. The topological polar surface area (TPSA) is 46.5 Å². The Labute approximate surface area is 102 Å². The normalized spacial score (nSPS) is 11.6. The third kappa shape index (κ3) is 4.31. The molecule has 0 bridgehead atoms. The summed E-state index contributed by atoms with van der Waals surface area (Å²) in [4.78, 5) is 10.8. The molecule has 0 aliphatic heterocycles. The van der Waals surface area contributed by atoms with Crippen LogP contribution in [-0.2, 0) is 16.0 Å². The Hall–Kier alpha value is -1.77. The lowest BCUT2D eigenvalue weighted by Gasteiger charge is -2.05. The number of aliphatic carboxylic acids is 1. The molecule has 1 N–H and O–H groups in total. The van der Waals surface area contributed by atoms with Crippen molar-refractivity contribution < 1.29 is 14.6 Å². The van der Waals surface area contributed by atoms with E-state index in [-0.39, 0.29) is 5.76 Å². The lowest BCUT2D eigenvalue weighted by molar-refractivity contribution is -0.135. The van der Waals surface area contributed by atoms with Gasteiger partial charge in [-0.05, 0) is 29.5 Å². The predicted molar refractivity (Wildman–Crippen MR) is 67.6 cm³/mol. The van der Waals surface area contributed by atoms with Gasteiger partial charge >= 0.3 is 5.97 Å². The van der Waals surface area contributed by atoms with Crippen molar-refractivity contribution in [2.45, 2.75) is 20.3 Å². The molecule has 0 aliphatic rings. The average molecular weight is 234 g/mol. The Morgan fingerprint density at radius 1 is 1.35 bits per heavy atom. The van der Waals surface area contributed by atoms with Crippen LogP contribution in [0.1, 0.15) is 25.0 Å². The zero-order valence-electron chi connectivity index (χ0n) is 10.4. The second kappa shape index (κ2) is 6.09. The van der Waals surface area contributed by atoms with Crippen molar-refractivity contribution >= 4 is 12.0 Å². The van der Waals surface area contributed by atoms with Crippen molar-refractivity contribution in [2.24, 2.45) is 5.92 Å². The summed E-state index contributed by atoms with van der Waals surface area (Å²) in [7, 11) is 1.35. The van der Waals surface area contributed by atoms with Crippen molar-refractivity contribution in [2.75, 3.05) is 7.11 Å². The first-order chi connectivity index (χ1) is 8.02. The third-order valence-corrected chi connectivity index (χ3v) is 2.35. The molecular formula is C14H18O3. The Balaban J connectivity index is 2.84. The maximum absolute atomic E-state index is 10.8. The molecule has 0 spiro atoms. The van der Waals surface area contributed by atoms with Crippen molar-refractivity contribution in [1.29, 1.82) is 0 Å². The summed E-state index contributed by atoms with van der Waals surface area (Å²) < 4.78 is 4.77. The van der Waals surface area contributed by atoms with Crippen molar-refractivity contribution in [3.8, 4) is 0 Å². The van der Waals surface area contributed by atoms with Gasteiger partial charge in [-0.3, -0.25) is 0 Å². The molecule has 0 saturated heterocycles. The van der Waals surface area contributed by atoms with E-state index in [0.29, 0.717) is 5.92 Å². The van der Waals surface area contributed by atoms with E-state index >= 15 is 0 Å². The van der Waals surface area contributed by atoms with Crippen LogP contribution >= 0.6 is 0 Å². The summed E-state index contributed by atoms with van der Waals surface area (Å²) in [6, 6.07) is 7.83. The van der Waals surface area contributed by atoms with Crippen molar-refractivity contribution in [3.05, 3.63) is 41.2 Å². The molecule has 0 fully saturated rings. The summed E-state index contributed by atoms with van der Waals surface area (Å²) in [5.41, 5.74) is 2.09. The van der Waals surface area contributed by atoms with E-state index < -0.39 is 5.97 Å². The number of benzene rings is 1. The highest BCUT2D eigenvalue weighted by Crippen LogP contribution is 2.12. The minimum Gasteiger partial charge on any atom is -0.490 e. The molecule has 1 aromatic rings. The average Bonchev–Trinajstić information content (AvgIpc) is 2.26. The van der Waals surface area contributed by atoms with Gasteiger partial charge < -0.3 is 9.84 Å². The molecule has 0 aliphatic carbocycles. The maximum atomic E-state index is 10.8. The first-order valence-corrected chi connectivity index (χ1v) is 5.61. The molecule has 0 saturated carbocycles. The van der Waals surface area contributed by atoms with Gasteiger partial charge in [0, 0.05) is 0 Å². The van der Waals surface area contributed by atoms with Gasteiger partial charge in [0.25, 0.3) is 0 Å². The molecule has 3 heteroatoms. The van der Waals surface area contributed by atoms with Gasteiger partial charge in [-0.15, -0.1) is 0 Å². The van der Waals surface area contributed by atoms with Gasteiger partial charge in [0.2, 0.25) is 5.76 Å². The van der Waals surface area contributed by atoms with Gasteiger partial charge in [0.15, 0.2) is 0 Å². The van der Waals surface area contributed by atoms with Gasteiger partial charge in [-0.25, -0.2) is 4.79 Å². The maximum Gasteiger partial charge on any atom is 0.371 e. The zero-order chi connectivity index (χ0) is 12.8. The van der Waals surface area contributed by atoms with E-state index in [1.54, 1.807) is 0 Å². The Morgan fingerprint density at radius 2 is 1.94 bits per heavy atom. The number of ether oxygens (including phenoxy) is 1. The molecule has 17 heavy (non-hydrogen) atoms. The second-order valence-electron chi connectivity index (χ2n) is 4.36. The quantitative estimate of drug-likeness (QED) is 0.629. The fourth-order valence-corrected chi connectivity index (χ4v) is 1.58. The molecule has 0 heterocycles. The first kappa shape index (κ1) is 13.3. The smallest absolute Gasteiger partial charge is 0.371 e. The highest BCUT2D eigenvalue weighted by Gasteiger charge is 2.06. The van der Waals surface area contributed by atoms with Crippen LogP contribution in [0.15, 0.2) is 30.0 Å². The molecule has 0 amide bonds. The number of hydrogen-bond acceptors (Lipinski definition) is 2. The van der Waals surface area contributed by atoms with Crippen molar-refractivity contribution in [3.63, 3.8) is 0 Å². The summed E-state index contributed by atoms with van der Waals surface area (Å²) in [5.74, 6) is -0.495. The Morgan fingerprint density at radius 3 is 2.35 bits per heavy atom. The SMILES string of the molecule is COC(=Cc1ccc(CC(C)C)cc1)C(=O)O.